The molecule has 17 heavy (non-hydrogen) atoms. The highest BCUT2D eigenvalue weighted by Gasteiger charge is 2.08. The van der Waals surface area contributed by atoms with E-state index in [9.17, 15) is 9.59 Å². The van der Waals surface area contributed by atoms with E-state index in [1.807, 2.05) is 0 Å². The fourth-order valence-electron chi connectivity index (χ4n) is 1.24. The Balaban J connectivity index is 2.20. The molecule has 86 valence electrons. The Bertz CT molecular complexity index is 586. The Kier molecular flexibility index (Phi) is 3.25. The van der Waals surface area contributed by atoms with Crippen molar-refractivity contribution in [1.82, 2.24) is 0 Å². The quantitative estimate of drug-likeness (QED) is 0.890. The first-order valence-electron chi connectivity index (χ1n) is 4.81. The number of carbonyl (C=O) groups excluding carboxylic acids is 1. The number of rotatable bonds is 2. The van der Waals surface area contributed by atoms with E-state index in [1.165, 1.54) is 12.1 Å². The minimum atomic E-state index is -0.501. The molecule has 0 saturated carbocycles. The first-order valence-corrected chi connectivity index (χ1v) is 5.19. The van der Waals surface area contributed by atoms with Crippen LogP contribution in [-0.4, -0.2) is 5.91 Å². The zero-order valence-electron chi connectivity index (χ0n) is 8.64. The first kappa shape index (κ1) is 11.4. The molecular weight excluding hydrogens is 242 g/mol. The summed E-state index contributed by atoms with van der Waals surface area (Å²) in [5.74, 6) is -0.387. The van der Waals surface area contributed by atoms with Gasteiger partial charge in [-0.25, -0.2) is 4.79 Å². The molecule has 5 heteroatoms. The summed E-state index contributed by atoms with van der Waals surface area (Å²) in [5.41, 5.74) is 0.258. The second-order valence-corrected chi connectivity index (χ2v) is 3.68. The molecule has 4 nitrogen and oxygen atoms in total. The molecule has 1 amide bonds. The summed E-state index contributed by atoms with van der Waals surface area (Å²) in [6.07, 6.45) is 1.11. The number of amides is 1. The number of hydrogen-bond acceptors (Lipinski definition) is 3. The van der Waals surface area contributed by atoms with Gasteiger partial charge in [-0.1, -0.05) is 23.7 Å². The van der Waals surface area contributed by atoms with Gasteiger partial charge in [0.05, 0.1) is 16.3 Å². The number of para-hydroxylation sites is 1. The Labute approximate surface area is 102 Å². The Hall–Kier alpha value is -2.07. The lowest BCUT2D eigenvalue weighted by molar-refractivity contribution is 0.102. The highest BCUT2D eigenvalue weighted by Crippen LogP contribution is 2.20. The largest absolute Gasteiger partial charge is 0.430 e. The zero-order valence-corrected chi connectivity index (χ0v) is 9.40. The van der Waals surface area contributed by atoms with Crippen molar-refractivity contribution in [2.24, 2.45) is 0 Å². The van der Waals surface area contributed by atoms with Crippen molar-refractivity contribution in [3.63, 3.8) is 0 Å². The molecule has 0 atom stereocenters. The molecule has 0 unspecified atom stereocenters. The van der Waals surface area contributed by atoms with Gasteiger partial charge in [0.25, 0.3) is 5.91 Å². The summed E-state index contributed by atoms with van der Waals surface area (Å²) in [6, 6.07) is 9.44. The van der Waals surface area contributed by atoms with Crippen LogP contribution in [0, 0.1) is 0 Å². The van der Waals surface area contributed by atoms with Crippen LogP contribution in [0.2, 0.25) is 5.02 Å². The summed E-state index contributed by atoms with van der Waals surface area (Å²) < 4.78 is 4.60. The van der Waals surface area contributed by atoms with Crippen LogP contribution in [0.5, 0.6) is 0 Å². The maximum Gasteiger partial charge on any atom is 0.335 e. The van der Waals surface area contributed by atoms with E-state index >= 15 is 0 Å². The molecule has 0 radical (unpaired) electrons. The number of benzene rings is 1. The van der Waals surface area contributed by atoms with Crippen LogP contribution in [0.25, 0.3) is 0 Å². The fraction of sp³-hybridized carbons (Fsp3) is 0. The van der Waals surface area contributed by atoms with Crippen LogP contribution in [-0.2, 0) is 0 Å². The van der Waals surface area contributed by atoms with Gasteiger partial charge in [0.1, 0.15) is 6.26 Å². The second-order valence-electron chi connectivity index (χ2n) is 3.28. The van der Waals surface area contributed by atoms with E-state index in [-0.39, 0.29) is 11.5 Å². The van der Waals surface area contributed by atoms with Crippen LogP contribution >= 0.6 is 11.6 Å². The number of carbonyl (C=O) groups is 1. The van der Waals surface area contributed by atoms with Crippen molar-refractivity contribution in [2.75, 3.05) is 5.32 Å². The van der Waals surface area contributed by atoms with Crippen molar-refractivity contribution < 1.29 is 9.21 Å². The van der Waals surface area contributed by atoms with Crippen molar-refractivity contribution in [3.05, 3.63) is 63.7 Å². The molecule has 1 heterocycles. The summed E-state index contributed by atoms with van der Waals surface area (Å²) in [7, 11) is 0. The Morgan fingerprint density at radius 2 is 1.94 bits per heavy atom. The van der Waals surface area contributed by atoms with E-state index in [0.29, 0.717) is 10.7 Å². The van der Waals surface area contributed by atoms with Gasteiger partial charge in [0, 0.05) is 6.07 Å². The average molecular weight is 250 g/mol. The van der Waals surface area contributed by atoms with Crippen LogP contribution in [0.1, 0.15) is 10.4 Å². The van der Waals surface area contributed by atoms with Gasteiger partial charge in [0.2, 0.25) is 0 Å². The smallest absolute Gasteiger partial charge is 0.335 e. The lowest BCUT2D eigenvalue weighted by atomic mass is 10.2. The molecule has 0 aliphatic heterocycles. The van der Waals surface area contributed by atoms with E-state index in [1.54, 1.807) is 24.3 Å². The standard InChI is InChI=1S/C12H8ClNO3/c13-9-3-1-2-4-10(9)14-12(16)8-5-6-11(15)17-7-8/h1-7H,(H,14,16). The molecule has 1 aromatic heterocycles. The van der Waals surface area contributed by atoms with Gasteiger partial charge in [-0.15, -0.1) is 0 Å². The summed E-state index contributed by atoms with van der Waals surface area (Å²) >= 11 is 5.89. The molecule has 1 N–H and O–H groups in total. The molecule has 0 aliphatic rings. The van der Waals surface area contributed by atoms with Crippen molar-refractivity contribution in [1.29, 1.82) is 0 Å². The van der Waals surface area contributed by atoms with Gasteiger partial charge in [-0.3, -0.25) is 4.79 Å². The monoisotopic (exact) mass is 249 g/mol. The molecule has 2 aromatic rings. The molecule has 0 saturated heterocycles. The molecule has 0 spiro atoms. The zero-order chi connectivity index (χ0) is 12.3. The third-order valence-electron chi connectivity index (χ3n) is 2.09. The molecular formula is C12H8ClNO3. The van der Waals surface area contributed by atoms with E-state index in [4.69, 9.17) is 11.6 Å². The summed E-state index contributed by atoms with van der Waals surface area (Å²) in [6.45, 7) is 0. The molecule has 2 rings (SSSR count). The van der Waals surface area contributed by atoms with Crippen LogP contribution in [0.15, 0.2) is 51.9 Å². The highest BCUT2D eigenvalue weighted by molar-refractivity contribution is 6.33. The SMILES string of the molecule is O=C(Nc1ccccc1Cl)c1ccc(=O)oc1. The Morgan fingerprint density at radius 3 is 2.59 bits per heavy atom. The van der Waals surface area contributed by atoms with Gasteiger partial charge < -0.3 is 9.73 Å². The Morgan fingerprint density at radius 1 is 1.18 bits per heavy atom. The summed E-state index contributed by atoms with van der Waals surface area (Å²) in [4.78, 5) is 22.5. The molecule has 0 fully saturated rings. The average Bonchev–Trinajstić information content (AvgIpc) is 2.33. The second kappa shape index (κ2) is 4.84. The minimum absolute atomic E-state index is 0.254. The number of nitrogens with one attached hydrogen (secondary N) is 1. The normalized spacial score (nSPS) is 9.94. The fourth-order valence-corrected chi connectivity index (χ4v) is 1.43. The lowest BCUT2D eigenvalue weighted by Gasteiger charge is -2.05. The van der Waals surface area contributed by atoms with Gasteiger partial charge in [-0.05, 0) is 18.2 Å². The predicted molar refractivity (Wildman–Crippen MR) is 64.4 cm³/mol. The van der Waals surface area contributed by atoms with Crippen molar-refractivity contribution in [3.8, 4) is 0 Å². The van der Waals surface area contributed by atoms with E-state index < -0.39 is 5.63 Å². The lowest BCUT2D eigenvalue weighted by Crippen LogP contribution is -2.13. The third-order valence-corrected chi connectivity index (χ3v) is 2.41. The maximum absolute atomic E-state index is 11.7. The van der Waals surface area contributed by atoms with Gasteiger partial charge >= 0.3 is 5.63 Å². The van der Waals surface area contributed by atoms with Crippen molar-refractivity contribution in [2.45, 2.75) is 0 Å². The van der Waals surface area contributed by atoms with Gasteiger partial charge in [-0.2, -0.15) is 0 Å². The van der Waals surface area contributed by atoms with Gasteiger partial charge in [0.15, 0.2) is 0 Å². The maximum atomic E-state index is 11.7. The third kappa shape index (κ3) is 2.73. The molecule has 1 aromatic carbocycles. The van der Waals surface area contributed by atoms with Crippen LogP contribution in [0.3, 0.4) is 0 Å². The minimum Gasteiger partial charge on any atom is -0.430 e. The molecule has 0 bridgehead atoms. The predicted octanol–water partition coefficient (Wildman–Crippen LogP) is 2.55. The number of halogens is 1. The molecule has 0 aliphatic carbocycles. The van der Waals surface area contributed by atoms with E-state index in [2.05, 4.69) is 9.73 Å². The highest BCUT2D eigenvalue weighted by atomic mass is 35.5. The van der Waals surface area contributed by atoms with Crippen molar-refractivity contribution >= 4 is 23.2 Å². The van der Waals surface area contributed by atoms with Crippen LogP contribution in [0.4, 0.5) is 5.69 Å². The van der Waals surface area contributed by atoms with Crippen LogP contribution < -0.4 is 10.9 Å². The first-order chi connectivity index (χ1) is 8.16. The number of hydrogen-bond donors (Lipinski definition) is 1. The topological polar surface area (TPSA) is 59.3 Å². The number of anilines is 1. The van der Waals surface area contributed by atoms with E-state index in [0.717, 1.165) is 6.26 Å². The summed E-state index contributed by atoms with van der Waals surface area (Å²) in [5, 5.41) is 3.06.